The first-order chi connectivity index (χ1) is 16.1. The molecule has 8 heteroatoms. The normalized spacial score (nSPS) is 18.5. The van der Waals surface area contributed by atoms with Crippen molar-refractivity contribution in [3.05, 3.63) is 58.8 Å². The Labute approximate surface area is 201 Å². The summed E-state index contributed by atoms with van der Waals surface area (Å²) in [5, 5.41) is 3.04. The van der Waals surface area contributed by atoms with E-state index in [0.717, 1.165) is 36.1 Å². The summed E-state index contributed by atoms with van der Waals surface area (Å²) < 4.78 is 1.57. The Hall–Kier alpha value is -3.60. The highest BCUT2D eigenvalue weighted by atomic mass is 16.2. The van der Waals surface area contributed by atoms with E-state index in [-0.39, 0.29) is 34.9 Å². The molecule has 1 aromatic heterocycles. The lowest BCUT2D eigenvalue weighted by Crippen LogP contribution is -2.48. The van der Waals surface area contributed by atoms with Crippen molar-refractivity contribution in [2.45, 2.75) is 39.0 Å². The van der Waals surface area contributed by atoms with E-state index < -0.39 is 0 Å². The molecule has 1 saturated heterocycles. The van der Waals surface area contributed by atoms with Crippen LogP contribution in [0.3, 0.4) is 0 Å². The van der Waals surface area contributed by atoms with Crippen molar-refractivity contribution in [3.8, 4) is 0 Å². The Bertz CT molecular complexity index is 1190. The Morgan fingerprint density at radius 3 is 2.50 bits per heavy atom. The van der Waals surface area contributed by atoms with Crippen LogP contribution in [0.15, 0.2) is 30.5 Å². The highest BCUT2D eigenvalue weighted by molar-refractivity contribution is 6.03. The minimum Gasteiger partial charge on any atom is -0.359 e. The summed E-state index contributed by atoms with van der Waals surface area (Å²) >= 11 is 0. The molecule has 2 aromatic rings. The molecule has 1 aromatic carbocycles. The Morgan fingerprint density at radius 2 is 1.91 bits per heavy atom. The standard InChI is InChI=1S/C26H32N6O2/c1-26(2)11-9-17(10-12-26)20-13-18(19-14-31(5)25(34)32(6)15-19)7-8-21(20)28-24(33)23-29-22(27-3)16-30(23)4/h7-9,13,16,19H,10-12,14-15H2,1-2,4-6H3,(H,28,33). The zero-order valence-electron chi connectivity index (χ0n) is 20.6. The summed E-state index contributed by atoms with van der Waals surface area (Å²) in [5.41, 5.74) is 4.40. The second-order valence-electron chi connectivity index (χ2n) is 10.2. The van der Waals surface area contributed by atoms with Crippen LogP contribution in [0.5, 0.6) is 0 Å². The molecule has 1 aliphatic heterocycles. The number of allylic oxidation sites excluding steroid dienone is 2. The van der Waals surface area contributed by atoms with E-state index in [0.29, 0.717) is 13.1 Å². The van der Waals surface area contributed by atoms with Crippen LogP contribution in [0, 0.1) is 12.0 Å². The van der Waals surface area contributed by atoms with Gasteiger partial charge in [-0.05, 0) is 47.9 Å². The van der Waals surface area contributed by atoms with E-state index >= 15 is 0 Å². The average molecular weight is 461 g/mol. The second kappa shape index (κ2) is 8.98. The largest absolute Gasteiger partial charge is 0.359 e. The molecule has 0 unspecified atom stereocenters. The maximum absolute atomic E-state index is 13.0. The van der Waals surface area contributed by atoms with E-state index in [1.807, 2.05) is 26.2 Å². The molecule has 178 valence electrons. The van der Waals surface area contributed by atoms with Gasteiger partial charge < -0.3 is 24.5 Å². The minimum atomic E-state index is -0.342. The number of aromatic nitrogens is 2. The number of urea groups is 1. The molecule has 0 bridgehead atoms. The number of anilines is 1. The van der Waals surface area contributed by atoms with Crippen LogP contribution in [0.25, 0.3) is 10.4 Å². The molecule has 1 aliphatic carbocycles. The second-order valence-corrected chi connectivity index (χ2v) is 10.2. The maximum Gasteiger partial charge on any atom is 0.319 e. The van der Waals surface area contributed by atoms with Crippen molar-refractivity contribution in [2.75, 3.05) is 32.5 Å². The van der Waals surface area contributed by atoms with Crippen LogP contribution in [0.4, 0.5) is 16.3 Å². The molecular weight excluding hydrogens is 428 g/mol. The molecule has 0 spiro atoms. The van der Waals surface area contributed by atoms with E-state index in [1.54, 1.807) is 27.6 Å². The molecule has 1 N–H and O–H groups in total. The zero-order valence-corrected chi connectivity index (χ0v) is 20.6. The lowest BCUT2D eigenvalue weighted by Gasteiger charge is -2.37. The number of nitrogens with zero attached hydrogens (tertiary/aromatic N) is 5. The fourth-order valence-corrected chi connectivity index (χ4v) is 4.78. The van der Waals surface area contributed by atoms with Gasteiger partial charge in [0, 0.05) is 57.6 Å². The van der Waals surface area contributed by atoms with Crippen molar-refractivity contribution in [2.24, 2.45) is 12.5 Å². The first-order valence-corrected chi connectivity index (χ1v) is 11.6. The number of imidazole rings is 1. The van der Waals surface area contributed by atoms with Crippen molar-refractivity contribution in [1.29, 1.82) is 0 Å². The zero-order chi connectivity index (χ0) is 24.6. The fraction of sp³-hybridized carbons (Fsp3) is 0.462. The molecule has 2 heterocycles. The summed E-state index contributed by atoms with van der Waals surface area (Å²) in [6.07, 6.45) is 6.84. The van der Waals surface area contributed by atoms with Gasteiger partial charge in [0.05, 0.1) is 0 Å². The molecule has 34 heavy (non-hydrogen) atoms. The average Bonchev–Trinajstić information content (AvgIpc) is 3.18. The molecule has 0 atom stereocenters. The Morgan fingerprint density at radius 1 is 1.21 bits per heavy atom. The van der Waals surface area contributed by atoms with Gasteiger partial charge in [-0.25, -0.2) is 4.79 Å². The van der Waals surface area contributed by atoms with Gasteiger partial charge in [-0.1, -0.05) is 37.5 Å². The number of carbonyl (C=O) groups excluding carboxylic acids is 2. The van der Waals surface area contributed by atoms with Gasteiger partial charge in [0.15, 0.2) is 0 Å². The molecule has 0 radical (unpaired) electrons. The summed E-state index contributed by atoms with van der Waals surface area (Å²) in [5.74, 6) is 0.243. The minimum absolute atomic E-state index is 0.0337. The Kier molecular flexibility index (Phi) is 6.22. The Balaban J connectivity index is 1.69. The lowest BCUT2D eigenvalue weighted by molar-refractivity contribution is 0.101. The number of amides is 3. The molecule has 4 rings (SSSR count). The summed E-state index contributed by atoms with van der Waals surface area (Å²) in [6, 6.07) is 6.20. The van der Waals surface area contributed by atoms with Crippen LogP contribution >= 0.6 is 0 Å². The third-order valence-electron chi connectivity index (χ3n) is 6.90. The van der Waals surface area contributed by atoms with Crippen LogP contribution < -0.4 is 5.32 Å². The van der Waals surface area contributed by atoms with Crippen molar-refractivity contribution >= 4 is 29.0 Å². The van der Waals surface area contributed by atoms with Crippen LogP contribution in [-0.4, -0.2) is 58.5 Å². The van der Waals surface area contributed by atoms with Crippen molar-refractivity contribution in [3.63, 3.8) is 0 Å². The highest BCUT2D eigenvalue weighted by Crippen LogP contribution is 2.41. The highest BCUT2D eigenvalue weighted by Gasteiger charge is 2.30. The lowest BCUT2D eigenvalue weighted by atomic mass is 9.76. The predicted molar refractivity (Wildman–Crippen MR) is 133 cm³/mol. The van der Waals surface area contributed by atoms with Crippen LogP contribution in [-0.2, 0) is 7.05 Å². The molecule has 3 amide bonds. The molecule has 2 aliphatic rings. The topological polar surface area (TPSA) is 74.8 Å². The van der Waals surface area contributed by atoms with Gasteiger partial charge in [-0.15, -0.1) is 0 Å². The third-order valence-corrected chi connectivity index (χ3v) is 6.90. The molecule has 1 fully saturated rings. The number of rotatable bonds is 4. The van der Waals surface area contributed by atoms with Crippen LogP contribution in [0.1, 0.15) is 60.8 Å². The monoisotopic (exact) mass is 460 g/mol. The van der Waals surface area contributed by atoms with Gasteiger partial charge in [-0.3, -0.25) is 4.79 Å². The van der Waals surface area contributed by atoms with Gasteiger partial charge in [-0.2, -0.15) is 0 Å². The first kappa shape index (κ1) is 23.6. The molecule has 0 saturated carbocycles. The number of likely N-dealkylation sites (N-methyl/N-ethyl adjacent to an activating group) is 2. The third kappa shape index (κ3) is 4.69. The number of benzene rings is 1. The number of aryl methyl sites for hydroxylation is 1. The van der Waals surface area contributed by atoms with E-state index in [4.69, 9.17) is 6.57 Å². The van der Waals surface area contributed by atoms with Gasteiger partial charge in [0.1, 0.15) is 0 Å². The van der Waals surface area contributed by atoms with Gasteiger partial charge in [0.25, 0.3) is 11.6 Å². The van der Waals surface area contributed by atoms with E-state index in [2.05, 4.69) is 41.1 Å². The molecule has 8 nitrogen and oxygen atoms in total. The van der Waals surface area contributed by atoms with Crippen molar-refractivity contribution in [1.82, 2.24) is 19.4 Å². The number of hydrogen-bond acceptors (Lipinski definition) is 3. The summed E-state index contributed by atoms with van der Waals surface area (Å²) in [7, 11) is 5.37. The smallest absolute Gasteiger partial charge is 0.319 e. The summed E-state index contributed by atoms with van der Waals surface area (Å²) in [6.45, 7) is 13.0. The summed E-state index contributed by atoms with van der Waals surface area (Å²) in [4.78, 5) is 36.2. The molecular formula is C26H32N6O2. The SMILES string of the molecule is [C-]#[N+]c1cn(C)c(C(=O)Nc2ccc(C3CN(C)C(=O)N(C)C3)cc2C2=CCC(C)(C)CC2)n1. The van der Waals surface area contributed by atoms with Gasteiger partial charge in [0.2, 0.25) is 0 Å². The quantitative estimate of drug-likeness (QED) is 0.660. The number of carbonyl (C=O) groups is 2. The predicted octanol–water partition coefficient (Wildman–Crippen LogP) is 4.90. The number of hydrogen-bond donors (Lipinski definition) is 1. The van der Waals surface area contributed by atoms with E-state index in [1.165, 1.54) is 5.57 Å². The first-order valence-electron chi connectivity index (χ1n) is 11.6. The van der Waals surface area contributed by atoms with Gasteiger partial charge >= 0.3 is 11.9 Å². The number of nitrogens with one attached hydrogen (secondary N) is 1. The fourth-order valence-electron chi connectivity index (χ4n) is 4.78. The maximum atomic E-state index is 13.0. The van der Waals surface area contributed by atoms with E-state index in [9.17, 15) is 9.59 Å². The van der Waals surface area contributed by atoms with Crippen molar-refractivity contribution < 1.29 is 9.59 Å². The van der Waals surface area contributed by atoms with Crippen LogP contribution in [0.2, 0.25) is 0 Å².